The molecule has 0 aromatic heterocycles. The van der Waals surface area contributed by atoms with Crippen LogP contribution in [0.15, 0.2) is 0 Å². The number of nitrogens with one attached hydrogen (secondary N) is 1. The van der Waals surface area contributed by atoms with E-state index in [1.54, 1.807) is 0 Å². The maximum absolute atomic E-state index is 12.6. The molecule has 100 valence electrons. The zero-order chi connectivity index (χ0) is 12.7. The van der Waals surface area contributed by atoms with Crippen LogP contribution in [0.1, 0.15) is 52.4 Å². The Morgan fingerprint density at radius 1 is 1.24 bits per heavy atom. The summed E-state index contributed by atoms with van der Waals surface area (Å²) in [6.45, 7) is 7.25. The molecule has 1 aliphatic heterocycles. The van der Waals surface area contributed by atoms with E-state index in [1.165, 1.54) is 0 Å². The molecule has 1 fully saturated rings. The van der Waals surface area contributed by atoms with E-state index in [4.69, 9.17) is 0 Å². The maximum Gasteiger partial charge on any atom is 0.228 e. The van der Waals surface area contributed by atoms with Crippen LogP contribution < -0.4 is 5.32 Å². The Labute approximate surface area is 106 Å². The lowest BCUT2D eigenvalue weighted by atomic mass is 9.74. The minimum Gasteiger partial charge on any atom is -0.345 e. The fraction of sp³-hybridized carbons (Fsp3) is 0.929. The van der Waals surface area contributed by atoms with Crippen molar-refractivity contribution in [3.05, 3.63) is 0 Å². The third-order valence-corrected chi connectivity index (χ3v) is 3.94. The van der Waals surface area contributed by atoms with E-state index in [0.717, 1.165) is 58.2 Å². The van der Waals surface area contributed by atoms with E-state index in [2.05, 4.69) is 19.2 Å². The molecule has 1 N–H and O–H groups in total. The van der Waals surface area contributed by atoms with Gasteiger partial charge in [0.05, 0.1) is 5.41 Å². The molecule has 0 radical (unpaired) electrons. The van der Waals surface area contributed by atoms with Crippen molar-refractivity contribution in [2.45, 2.75) is 52.4 Å². The third kappa shape index (κ3) is 3.70. The number of unbranched alkanes of at least 4 members (excludes halogenated alkanes) is 1. The van der Waals surface area contributed by atoms with Crippen LogP contribution in [0.5, 0.6) is 0 Å². The Bertz CT molecular complexity index is 229. The molecule has 0 aromatic carbocycles. The fourth-order valence-electron chi connectivity index (χ4n) is 2.86. The number of carbonyl (C=O) groups excluding carboxylic acids is 1. The van der Waals surface area contributed by atoms with Crippen LogP contribution in [0.2, 0.25) is 0 Å². The number of hydrogen-bond acceptors (Lipinski definition) is 2. The van der Waals surface area contributed by atoms with E-state index in [1.807, 2.05) is 11.9 Å². The largest absolute Gasteiger partial charge is 0.345 e. The highest BCUT2D eigenvalue weighted by Gasteiger charge is 2.39. The van der Waals surface area contributed by atoms with Crippen molar-refractivity contribution < 1.29 is 4.79 Å². The summed E-state index contributed by atoms with van der Waals surface area (Å²) in [5.74, 6) is 0.384. The molecule has 1 rings (SSSR count). The van der Waals surface area contributed by atoms with Crippen LogP contribution >= 0.6 is 0 Å². The standard InChI is InChI=1S/C14H28N2O/c1-4-6-12-16(3)13(17)14(7-5-2)8-10-15-11-9-14/h15H,4-12H2,1-3H3. The first-order valence-electron chi connectivity index (χ1n) is 7.12. The lowest BCUT2D eigenvalue weighted by molar-refractivity contribution is -0.143. The summed E-state index contributed by atoms with van der Waals surface area (Å²) in [7, 11) is 1.97. The zero-order valence-corrected chi connectivity index (χ0v) is 11.7. The number of piperidine rings is 1. The predicted octanol–water partition coefficient (Wildman–Crippen LogP) is 2.41. The molecule has 0 aliphatic carbocycles. The molecule has 3 nitrogen and oxygen atoms in total. The van der Waals surface area contributed by atoms with Gasteiger partial charge in [0.2, 0.25) is 5.91 Å². The van der Waals surface area contributed by atoms with Crippen molar-refractivity contribution >= 4 is 5.91 Å². The van der Waals surface area contributed by atoms with Crippen LogP contribution in [0.4, 0.5) is 0 Å². The first-order valence-corrected chi connectivity index (χ1v) is 7.12. The van der Waals surface area contributed by atoms with Crippen LogP contribution in [0.3, 0.4) is 0 Å². The summed E-state index contributed by atoms with van der Waals surface area (Å²) in [5, 5.41) is 3.36. The van der Waals surface area contributed by atoms with Crippen molar-refractivity contribution in [1.29, 1.82) is 0 Å². The number of nitrogens with zero attached hydrogens (tertiary/aromatic N) is 1. The molecule has 0 unspecified atom stereocenters. The van der Waals surface area contributed by atoms with Crippen molar-refractivity contribution in [2.75, 3.05) is 26.7 Å². The minimum absolute atomic E-state index is 0.0670. The van der Waals surface area contributed by atoms with Gasteiger partial charge in [0, 0.05) is 13.6 Å². The van der Waals surface area contributed by atoms with Gasteiger partial charge in [0.15, 0.2) is 0 Å². The first-order chi connectivity index (χ1) is 8.16. The minimum atomic E-state index is -0.0670. The van der Waals surface area contributed by atoms with Crippen LogP contribution in [-0.2, 0) is 4.79 Å². The van der Waals surface area contributed by atoms with Crippen molar-refractivity contribution in [2.24, 2.45) is 5.41 Å². The molecule has 3 heteroatoms. The van der Waals surface area contributed by atoms with Gasteiger partial charge in [0.1, 0.15) is 0 Å². The normalized spacial score (nSPS) is 19.0. The van der Waals surface area contributed by atoms with Gasteiger partial charge in [-0.05, 0) is 38.8 Å². The Morgan fingerprint density at radius 3 is 2.41 bits per heavy atom. The van der Waals surface area contributed by atoms with E-state index >= 15 is 0 Å². The van der Waals surface area contributed by atoms with Crippen LogP contribution in [0.25, 0.3) is 0 Å². The molecule has 0 spiro atoms. The van der Waals surface area contributed by atoms with Crippen molar-refractivity contribution in [3.63, 3.8) is 0 Å². The highest BCUT2D eigenvalue weighted by atomic mass is 16.2. The Morgan fingerprint density at radius 2 is 1.88 bits per heavy atom. The highest BCUT2D eigenvalue weighted by Crippen LogP contribution is 2.35. The summed E-state index contributed by atoms with van der Waals surface area (Å²) >= 11 is 0. The summed E-state index contributed by atoms with van der Waals surface area (Å²) in [5.41, 5.74) is -0.0670. The van der Waals surface area contributed by atoms with Gasteiger partial charge in [-0.1, -0.05) is 26.7 Å². The van der Waals surface area contributed by atoms with Crippen molar-refractivity contribution in [3.8, 4) is 0 Å². The van der Waals surface area contributed by atoms with Gasteiger partial charge >= 0.3 is 0 Å². The molecule has 0 bridgehead atoms. The van der Waals surface area contributed by atoms with Gasteiger partial charge in [-0.15, -0.1) is 0 Å². The van der Waals surface area contributed by atoms with E-state index < -0.39 is 0 Å². The average molecular weight is 240 g/mol. The lowest BCUT2D eigenvalue weighted by Gasteiger charge is -2.39. The second kappa shape index (κ2) is 7.00. The van der Waals surface area contributed by atoms with Gasteiger partial charge in [-0.2, -0.15) is 0 Å². The summed E-state index contributed by atoms with van der Waals surface area (Å²) in [4.78, 5) is 14.6. The molecular formula is C14H28N2O. The predicted molar refractivity (Wildman–Crippen MR) is 72.0 cm³/mol. The molecule has 1 amide bonds. The van der Waals surface area contributed by atoms with Gasteiger partial charge in [-0.25, -0.2) is 0 Å². The molecule has 1 saturated heterocycles. The quantitative estimate of drug-likeness (QED) is 0.773. The van der Waals surface area contributed by atoms with Crippen LogP contribution in [0, 0.1) is 5.41 Å². The topological polar surface area (TPSA) is 32.3 Å². The average Bonchev–Trinajstić information content (AvgIpc) is 2.36. The smallest absolute Gasteiger partial charge is 0.228 e. The Hall–Kier alpha value is -0.570. The first kappa shape index (κ1) is 14.5. The molecular weight excluding hydrogens is 212 g/mol. The van der Waals surface area contributed by atoms with Gasteiger partial charge in [-0.3, -0.25) is 4.79 Å². The molecule has 1 heterocycles. The third-order valence-electron chi connectivity index (χ3n) is 3.94. The highest BCUT2D eigenvalue weighted by molar-refractivity contribution is 5.82. The number of rotatable bonds is 6. The second-order valence-corrected chi connectivity index (χ2v) is 5.36. The molecule has 1 aliphatic rings. The fourth-order valence-corrected chi connectivity index (χ4v) is 2.86. The Kier molecular flexibility index (Phi) is 5.96. The number of hydrogen-bond donors (Lipinski definition) is 1. The summed E-state index contributed by atoms with van der Waals surface area (Å²) in [6, 6.07) is 0. The van der Waals surface area contributed by atoms with Crippen LogP contribution in [-0.4, -0.2) is 37.5 Å². The van der Waals surface area contributed by atoms with E-state index in [-0.39, 0.29) is 5.41 Å². The maximum atomic E-state index is 12.6. The molecule has 0 aromatic rings. The SMILES string of the molecule is CCCCN(C)C(=O)C1(CCC)CCNCC1. The van der Waals surface area contributed by atoms with Crippen molar-refractivity contribution in [1.82, 2.24) is 10.2 Å². The summed E-state index contributed by atoms with van der Waals surface area (Å²) in [6.07, 6.45) is 6.44. The lowest BCUT2D eigenvalue weighted by Crippen LogP contribution is -2.48. The zero-order valence-electron chi connectivity index (χ0n) is 11.7. The molecule has 17 heavy (non-hydrogen) atoms. The van der Waals surface area contributed by atoms with Gasteiger partial charge in [0.25, 0.3) is 0 Å². The van der Waals surface area contributed by atoms with E-state index in [0.29, 0.717) is 5.91 Å². The monoisotopic (exact) mass is 240 g/mol. The van der Waals surface area contributed by atoms with Gasteiger partial charge < -0.3 is 10.2 Å². The number of carbonyl (C=O) groups is 1. The molecule has 0 saturated carbocycles. The van der Waals surface area contributed by atoms with E-state index in [9.17, 15) is 4.79 Å². The molecule has 0 atom stereocenters. The second-order valence-electron chi connectivity index (χ2n) is 5.36. The summed E-state index contributed by atoms with van der Waals surface area (Å²) < 4.78 is 0. The Balaban J connectivity index is 2.65. The number of amides is 1.